The zero-order valence-corrected chi connectivity index (χ0v) is 14.9. The van der Waals surface area contributed by atoms with Crippen LogP contribution in [0.25, 0.3) is 0 Å². The van der Waals surface area contributed by atoms with Gasteiger partial charge in [0.1, 0.15) is 5.82 Å². The lowest BCUT2D eigenvalue weighted by atomic mass is 10.0. The van der Waals surface area contributed by atoms with Crippen LogP contribution in [0.5, 0.6) is 0 Å². The number of piperazine rings is 1. The van der Waals surface area contributed by atoms with Crippen LogP contribution in [0.2, 0.25) is 0 Å². The molecule has 1 fully saturated rings. The van der Waals surface area contributed by atoms with Crippen molar-refractivity contribution in [2.75, 3.05) is 38.1 Å². The third kappa shape index (κ3) is 3.85. The number of hydrogen-bond acceptors (Lipinski definition) is 4. The van der Waals surface area contributed by atoms with Crippen molar-refractivity contribution in [1.82, 2.24) is 10.2 Å². The second-order valence-corrected chi connectivity index (χ2v) is 6.62. The molecule has 1 saturated heterocycles. The lowest BCUT2D eigenvalue weighted by molar-refractivity contribution is 0.0911. The van der Waals surface area contributed by atoms with Crippen LogP contribution in [0.4, 0.5) is 10.1 Å². The fourth-order valence-corrected chi connectivity index (χ4v) is 3.15. The van der Waals surface area contributed by atoms with Gasteiger partial charge < -0.3 is 19.5 Å². The molecule has 3 rings (SSSR count). The molecule has 25 heavy (non-hydrogen) atoms. The molecule has 2 aromatic rings. The van der Waals surface area contributed by atoms with Crippen LogP contribution in [0.3, 0.4) is 0 Å². The van der Waals surface area contributed by atoms with Crippen LogP contribution in [0.1, 0.15) is 34.6 Å². The van der Waals surface area contributed by atoms with Crippen molar-refractivity contribution < 1.29 is 13.6 Å². The molecule has 5 nitrogen and oxygen atoms in total. The molecule has 1 amide bonds. The minimum atomic E-state index is -0.331. The summed E-state index contributed by atoms with van der Waals surface area (Å²) in [6.07, 6.45) is 1.49. The Kier molecular flexibility index (Phi) is 5.08. The van der Waals surface area contributed by atoms with Gasteiger partial charge in [-0.15, -0.1) is 0 Å². The molecule has 0 radical (unpaired) electrons. The number of furan rings is 1. The second-order valence-electron chi connectivity index (χ2n) is 6.62. The first-order chi connectivity index (χ1) is 12.0. The molecular weight excluding hydrogens is 321 g/mol. The number of amides is 1. The molecule has 0 aliphatic carbocycles. The molecule has 1 unspecified atom stereocenters. The summed E-state index contributed by atoms with van der Waals surface area (Å²) in [5.74, 6) is -0.295. The van der Waals surface area contributed by atoms with Crippen LogP contribution in [-0.4, -0.2) is 44.0 Å². The number of anilines is 1. The Morgan fingerprint density at radius 3 is 2.60 bits per heavy atom. The van der Waals surface area contributed by atoms with E-state index in [0.717, 1.165) is 43.0 Å². The molecule has 1 aliphatic rings. The van der Waals surface area contributed by atoms with Gasteiger partial charge in [-0.1, -0.05) is 0 Å². The highest BCUT2D eigenvalue weighted by molar-refractivity contribution is 5.93. The summed E-state index contributed by atoms with van der Waals surface area (Å²) in [5.41, 5.74) is 2.53. The number of aryl methyl sites for hydroxylation is 1. The molecule has 134 valence electrons. The quantitative estimate of drug-likeness (QED) is 0.926. The van der Waals surface area contributed by atoms with Crippen LogP contribution >= 0.6 is 0 Å². The average Bonchev–Trinajstić information content (AvgIpc) is 3.02. The normalized spacial score (nSPS) is 16.7. The van der Waals surface area contributed by atoms with Crippen molar-refractivity contribution in [2.24, 2.45) is 0 Å². The lowest BCUT2D eigenvalue weighted by Gasteiger charge is -2.36. The largest absolute Gasteiger partial charge is 0.459 e. The highest BCUT2D eigenvalue weighted by atomic mass is 19.1. The molecule has 1 N–H and O–H groups in total. The fourth-order valence-electron chi connectivity index (χ4n) is 3.15. The molecule has 0 spiro atoms. The topological polar surface area (TPSA) is 48.7 Å². The maximum atomic E-state index is 13.9. The van der Waals surface area contributed by atoms with Crippen LogP contribution < -0.4 is 10.2 Å². The second kappa shape index (κ2) is 7.27. The Hall–Kier alpha value is -2.34. The van der Waals surface area contributed by atoms with E-state index < -0.39 is 0 Å². The predicted octanol–water partition coefficient (Wildman–Crippen LogP) is 2.97. The van der Waals surface area contributed by atoms with E-state index in [9.17, 15) is 9.18 Å². The van der Waals surface area contributed by atoms with E-state index in [1.807, 2.05) is 13.8 Å². The Morgan fingerprint density at radius 2 is 1.96 bits per heavy atom. The molecular formula is C19H24FN3O2. The minimum Gasteiger partial charge on any atom is -0.459 e. The van der Waals surface area contributed by atoms with E-state index in [2.05, 4.69) is 22.2 Å². The molecule has 2 heterocycles. The Balaban J connectivity index is 1.81. The first-order valence-electron chi connectivity index (χ1n) is 8.53. The average molecular weight is 345 g/mol. The molecule has 0 saturated carbocycles. The number of hydrogen-bond donors (Lipinski definition) is 1. The van der Waals surface area contributed by atoms with Crippen LogP contribution in [0.15, 0.2) is 34.9 Å². The standard InChI is InChI=1S/C19H24FN3O2/c1-13-6-11-25-18(13)19(24)21-14(2)16-12-15(20)4-5-17(16)23-9-7-22(3)8-10-23/h4-6,11-12,14H,7-10H2,1-3H3,(H,21,24). The zero-order valence-electron chi connectivity index (χ0n) is 14.9. The maximum absolute atomic E-state index is 13.9. The smallest absolute Gasteiger partial charge is 0.287 e. The SMILES string of the molecule is Cc1ccoc1C(=O)NC(C)c1cc(F)ccc1N1CCN(C)CC1. The Bertz CT molecular complexity index is 751. The summed E-state index contributed by atoms with van der Waals surface area (Å²) in [7, 11) is 2.09. The molecule has 1 aromatic carbocycles. The van der Waals surface area contributed by atoms with E-state index in [0.29, 0.717) is 5.76 Å². The number of rotatable bonds is 4. The number of halogens is 1. The van der Waals surface area contributed by atoms with Crippen molar-refractivity contribution in [3.05, 3.63) is 53.2 Å². The van der Waals surface area contributed by atoms with Gasteiger partial charge in [0, 0.05) is 43.0 Å². The number of nitrogens with zero attached hydrogens (tertiary/aromatic N) is 2. The van der Waals surface area contributed by atoms with Crippen molar-refractivity contribution in [2.45, 2.75) is 19.9 Å². The van der Waals surface area contributed by atoms with Crippen LogP contribution in [0, 0.1) is 12.7 Å². The van der Waals surface area contributed by atoms with Gasteiger partial charge in [0.25, 0.3) is 5.91 Å². The summed E-state index contributed by atoms with van der Waals surface area (Å²) in [5, 5.41) is 2.92. The molecule has 6 heteroatoms. The van der Waals surface area contributed by atoms with Gasteiger partial charge in [0.05, 0.1) is 12.3 Å². The van der Waals surface area contributed by atoms with Crippen molar-refractivity contribution in [3.63, 3.8) is 0 Å². The number of likely N-dealkylation sites (N-methyl/N-ethyl adjacent to an activating group) is 1. The highest BCUT2D eigenvalue weighted by Gasteiger charge is 2.22. The third-order valence-electron chi connectivity index (χ3n) is 4.72. The maximum Gasteiger partial charge on any atom is 0.287 e. The van der Waals surface area contributed by atoms with Crippen molar-refractivity contribution >= 4 is 11.6 Å². The van der Waals surface area contributed by atoms with Gasteiger partial charge >= 0.3 is 0 Å². The van der Waals surface area contributed by atoms with Crippen LogP contribution in [-0.2, 0) is 0 Å². The van der Waals surface area contributed by atoms with Crippen molar-refractivity contribution in [3.8, 4) is 0 Å². The summed E-state index contributed by atoms with van der Waals surface area (Å²) < 4.78 is 19.1. The molecule has 1 atom stereocenters. The zero-order chi connectivity index (χ0) is 18.0. The molecule has 1 aliphatic heterocycles. The van der Waals surface area contributed by atoms with Gasteiger partial charge in [-0.05, 0) is 45.2 Å². The summed E-state index contributed by atoms with van der Waals surface area (Å²) in [4.78, 5) is 16.9. The number of benzene rings is 1. The minimum absolute atomic E-state index is 0.288. The monoisotopic (exact) mass is 345 g/mol. The van der Waals surface area contributed by atoms with Gasteiger partial charge in [-0.3, -0.25) is 4.79 Å². The lowest BCUT2D eigenvalue weighted by Crippen LogP contribution is -2.45. The fraction of sp³-hybridized carbons (Fsp3) is 0.421. The van der Waals surface area contributed by atoms with Gasteiger partial charge in [-0.25, -0.2) is 4.39 Å². The van der Waals surface area contributed by atoms with E-state index in [4.69, 9.17) is 4.42 Å². The summed E-state index contributed by atoms with van der Waals surface area (Å²) in [6, 6.07) is 6.20. The van der Waals surface area contributed by atoms with E-state index in [-0.39, 0.29) is 17.8 Å². The van der Waals surface area contributed by atoms with Gasteiger partial charge in [-0.2, -0.15) is 0 Å². The number of nitrogens with one attached hydrogen (secondary N) is 1. The van der Waals surface area contributed by atoms with Crippen molar-refractivity contribution in [1.29, 1.82) is 0 Å². The summed E-state index contributed by atoms with van der Waals surface area (Å²) in [6.45, 7) is 7.37. The molecule has 1 aromatic heterocycles. The van der Waals surface area contributed by atoms with E-state index >= 15 is 0 Å². The number of carbonyl (C=O) groups excluding carboxylic acids is 1. The van der Waals surface area contributed by atoms with Gasteiger partial charge in [0.2, 0.25) is 0 Å². The molecule has 0 bridgehead atoms. The summed E-state index contributed by atoms with van der Waals surface area (Å²) >= 11 is 0. The first kappa shape index (κ1) is 17.5. The highest BCUT2D eigenvalue weighted by Crippen LogP contribution is 2.28. The van der Waals surface area contributed by atoms with E-state index in [1.165, 1.54) is 18.4 Å². The number of carbonyl (C=O) groups is 1. The van der Waals surface area contributed by atoms with E-state index in [1.54, 1.807) is 12.1 Å². The predicted molar refractivity (Wildman–Crippen MR) is 95.4 cm³/mol. The third-order valence-corrected chi connectivity index (χ3v) is 4.72. The Morgan fingerprint density at radius 1 is 1.24 bits per heavy atom. The Labute approximate surface area is 147 Å². The van der Waals surface area contributed by atoms with Gasteiger partial charge in [0.15, 0.2) is 5.76 Å². The first-order valence-corrected chi connectivity index (χ1v) is 8.53.